The van der Waals surface area contributed by atoms with Gasteiger partial charge in [-0.15, -0.1) is 0 Å². The van der Waals surface area contributed by atoms with Gasteiger partial charge in [-0.3, -0.25) is 9.27 Å². The summed E-state index contributed by atoms with van der Waals surface area (Å²) < 4.78 is 33.4. The molecular formula is C7H5FN2O2S. The van der Waals surface area contributed by atoms with Crippen molar-refractivity contribution < 1.29 is 13.2 Å². The molecule has 0 aliphatic heterocycles. The minimum absolute atomic E-state index is 0.0117. The van der Waals surface area contributed by atoms with Crippen LogP contribution in [0.25, 0.3) is 0 Å². The molecule has 0 bridgehead atoms. The molecule has 68 valence electrons. The Morgan fingerprint density at radius 1 is 1.62 bits per heavy atom. The fourth-order valence-electron chi connectivity index (χ4n) is 0.792. The fraction of sp³-hybridized carbons (Fsp3) is 0. The van der Waals surface area contributed by atoms with E-state index in [1.807, 2.05) is 0 Å². The lowest BCUT2D eigenvalue weighted by atomic mass is 10.2. The van der Waals surface area contributed by atoms with Gasteiger partial charge in [-0.25, -0.2) is 8.60 Å². The second kappa shape index (κ2) is 3.98. The van der Waals surface area contributed by atoms with Gasteiger partial charge in [-0.2, -0.15) is 5.26 Å². The molecule has 1 aromatic rings. The molecule has 1 atom stereocenters. The number of hydrogen-bond donors (Lipinski definition) is 2. The zero-order valence-corrected chi connectivity index (χ0v) is 7.14. The van der Waals surface area contributed by atoms with Gasteiger partial charge in [0.15, 0.2) is 0 Å². The molecule has 4 nitrogen and oxygen atoms in total. The molecule has 1 aromatic carbocycles. The molecule has 0 amide bonds. The predicted molar refractivity (Wildman–Crippen MR) is 45.5 cm³/mol. The van der Waals surface area contributed by atoms with E-state index in [0.717, 1.165) is 12.1 Å². The van der Waals surface area contributed by atoms with E-state index in [1.165, 1.54) is 6.07 Å². The highest BCUT2D eigenvalue weighted by molar-refractivity contribution is 7.80. The van der Waals surface area contributed by atoms with Gasteiger partial charge in [0.05, 0.1) is 11.3 Å². The van der Waals surface area contributed by atoms with Crippen LogP contribution >= 0.6 is 0 Å². The molecule has 1 unspecified atom stereocenters. The Bertz CT molecular complexity index is 389. The predicted octanol–water partition coefficient (Wildman–Crippen LogP) is 1.25. The molecule has 0 radical (unpaired) electrons. The van der Waals surface area contributed by atoms with Crippen LogP contribution in [0.4, 0.5) is 10.1 Å². The van der Waals surface area contributed by atoms with Crippen molar-refractivity contribution in [2.45, 2.75) is 0 Å². The van der Waals surface area contributed by atoms with E-state index in [-0.39, 0.29) is 11.3 Å². The Labute approximate surface area is 76.4 Å². The number of anilines is 1. The van der Waals surface area contributed by atoms with Gasteiger partial charge >= 0.3 is 0 Å². The van der Waals surface area contributed by atoms with Crippen LogP contribution in [-0.4, -0.2) is 8.76 Å². The van der Waals surface area contributed by atoms with Gasteiger partial charge in [0.2, 0.25) is 0 Å². The minimum atomic E-state index is -2.26. The van der Waals surface area contributed by atoms with E-state index in [9.17, 15) is 8.60 Å². The van der Waals surface area contributed by atoms with Crippen molar-refractivity contribution >= 4 is 17.0 Å². The van der Waals surface area contributed by atoms with Crippen molar-refractivity contribution in [2.24, 2.45) is 0 Å². The Morgan fingerprint density at radius 2 is 2.31 bits per heavy atom. The normalized spacial score (nSPS) is 11.8. The molecule has 0 aliphatic rings. The summed E-state index contributed by atoms with van der Waals surface area (Å²) in [6.45, 7) is 0. The molecule has 0 fully saturated rings. The first kappa shape index (κ1) is 9.64. The van der Waals surface area contributed by atoms with Crippen LogP contribution in [0.1, 0.15) is 5.56 Å². The highest BCUT2D eigenvalue weighted by Gasteiger charge is 2.04. The van der Waals surface area contributed by atoms with Crippen molar-refractivity contribution in [3.8, 4) is 6.07 Å². The van der Waals surface area contributed by atoms with Crippen molar-refractivity contribution in [3.05, 3.63) is 29.6 Å². The Kier molecular flexibility index (Phi) is 2.95. The summed E-state index contributed by atoms with van der Waals surface area (Å²) in [4.78, 5) is 0. The van der Waals surface area contributed by atoms with Gasteiger partial charge in [0, 0.05) is 0 Å². The van der Waals surface area contributed by atoms with Crippen LogP contribution in [0.2, 0.25) is 0 Å². The second-order valence-corrected chi connectivity index (χ2v) is 2.86. The second-order valence-electron chi connectivity index (χ2n) is 2.15. The number of hydrogen-bond acceptors (Lipinski definition) is 2. The molecule has 6 heteroatoms. The van der Waals surface area contributed by atoms with Crippen molar-refractivity contribution in [3.63, 3.8) is 0 Å². The molecule has 0 aliphatic carbocycles. The average molecular weight is 200 g/mol. The first-order chi connectivity index (χ1) is 6.13. The maximum absolute atomic E-state index is 12.6. The molecular weight excluding hydrogens is 195 g/mol. The first-order valence-electron chi connectivity index (χ1n) is 3.20. The number of benzene rings is 1. The Morgan fingerprint density at radius 3 is 2.85 bits per heavy atom. The van der Waals surface area contributed by atoms with Gasteiger partial charge in [0.25, 0.3) is 11.3 Å². The summed E-state index contributed by atoms with van der Waals surface area (Å²) in [7, 11) is 0. The number of halogens is 1. The summed E-state index contributed by atoms with van der Waals surface area (Å²) in [6, 6.07) is 4.99. The molecule has 0 spiro atoms. The third kappa shape index (κ3) is 2.50. The number of nitriles is 1. The van der Waals surface area contributed by atoms with E-state index in [0.29, 0.717) is 0 Å². The molecule has 1 rings (SSSR count). The molecule has 0 saturated heterocycles. The Balaban J connectivity index is 3.08. The van der Waals surface area contributed by atoms with Crippen molar-refractivity contribution in [2.75, 3.05) is 4.72 Å². The van der Waals surface area contributed by atoms with Gasteiger partial charge in [-0.1, -0.05) is 0 Å². The first-order valence-corrected chi connectivity index (χ1v) is 4.31. The van der Waals surface area contributed by atoms with E-state index in [2.05, 4.69) is 4.72 Å². The maximum Gasteiger partial charge on any atom is 0.259 e. The summed E-state index contributed by atoms with van der Waals surface area (Å²) in [5.74, 6) is -0.564. The molecule has 0 aromatic heterocycles. The zero-order chi connectivity index (χ0) is 9.84. The van der Waals surface area contributed by atoms with Crippen LogP contribution < -0.4 is 4.72 Å². The Hall–Kier alpha value is -1.45. The molecule has 0 heterocycles. The number of nitrogens with one attached hydrogen (secondary N) is 1. The van der Waals surface area contributed by atoms with Crippen LogP contribution in [0.5, 0.6) is 0 Å². The topological polar surface area (TPSA) is 73.1 Å². The summed E-state index contributed by atoms with van der Waals surface area (Å²) >= 11 is -2.26. The highest BCUT2D eigenvalue weighted by Crippen LogP contribution is 2.15. The lowest BCUT2D eigenvalue weighted by Crippen LogP contribution is -2.03. The average Bonchev–Trinajstić information content (AvgIpc) is 2.07. The van der Waals surface area contributed by atoms with Gasteiger partial charge in [0.1, 0.15) is 11.9 Å². The summed E-state index contributed by atoms with van der Waals surface area (Å²) in [5.41, 5.74) is 0.118. The SMILES string of the molecule is N#Cc1cc(F)ccc1NS(=O)O. The zero-order valence-electron chi connectivity index (χ0n) is 6.32. The minimum Gasteiger partial charge on any atom is -0.289 e. The van der Waals surface area contributed by atoms with Gasteiger partial charge in [-0.05, 0) is 18.2 Å². The van der Waals surface area contributed by atoms with Gasteiger partial charge < -0.3 is 0 Å². The number of rotatable bonds is 2. The third-order valence-corrected chi connectivity index (χ3v) is 1.69. The van der Waals surface area contributed by atoms with E-state index >= 15 is 0 Å². The number of nitrogens with zero attached hydrogens (tertiary/aromatic N) is 1. The largest absolute Gasteiger partial charge is 0.289 e. The molecule has 0 saturated carbocycles. The van der Waals surface area contributed by atoms with Crippen LogP contribution in [-0.2, 0) is 11.3 Å². The van der Waals surface area contributed by atoms with Crippen molar-refractivity contribution in [1.82, 2.24) is 0 Å². The van der Waals surface area contributed by atoms with Crippen molar-refractivity contribution in [1.29, 1.82) is 5.26 Å². The molecule has 2 N–H and O–H groups in total. The summed E-state index contributed by atoms with van der Waals surface area (Å²) in [6.07, 6.45) is 0. The molecule has 13 heavy (non-hydrogen) atoms. The standard InChI is InChI=1S/C7H5FN2O2S/c8-6-1-2-7(10-13(11)12)5(3-6)4-9/h1-3,10H,(H,11,12). The monoisotopic (exact) mass is 200 g/mol. The van der Waals surface area contributed by atoms with E-state index in [1.54, 1.807) is 6.07 Å². The highest BCUT2D eigenvalue weighted by atomic mass is 32.2. The smallest absolute Gasteiger partial charge is 0.259 e. The lowest BCUT2D eigenvalue weighted by molar-refractivity contribution is 0.570. The van der Waals surface area contributed by atoms with Crippen LogP contribution in [0.3, 0.4) is 0 Å². The van der Waals surface area contributed by atoms with E-state index in [4.69, 9.17) is 9.81 Å². The lowest BCUT2D eigenvalue weighted by Gasteiger charge is -2.02. The van der Waals surface area contributed by atoms with Crippen LogP contribution in [0.15, 0.2) is 18.2 Å². The van der Waals surface area contributed by atoms with Crippen LogP contribution in [0, 0.1) is 17.1 Å². The third-order valence-electron chi connectivity index (χ3n) is 1.30. The fourth-order valence-corrected chi connectivity index (χ4v) is 1.16. The quantitative estimate of drug-likeness (QED) is 0.705. The van der Waals surface area contributed by atoms with E-state index < -0.39 is 17.1 Å². The maximum atomic E-state index is 12.6. The summed E-state index contributed by atoms with van der Waals surface area (Å²) in [5, 5.41) is 8.52.